The molecule has 0 spiro atoms. The monoisotopic (exact) mass is 234 g/mol. The van der Waals surface area contributed by atoms with E-state index in [4.69, 9.17) is 10.5 Å². The van der Waals surface area contributed by atoms with E-state index in [0.29, 0.717) is 11.5 Å². The van der Waals surface area contributed by atoms with Gasteiger partial charge in [-0.1, -0.05) is 0 Å². The lowest BCUT2D eigenvalue weighted by Crippen LogP contribution is -2.13. The molecule has 17 heavy (non-hydrogen) atoms. The van der Waals surface area contributed by atoms with Gasteiger partial charge in [-0.15, -0.1) is 0 Å². The van der Waals surface area contributed by atoms with Crippen LogP contribution in [0.15, 0.2) is 18.2 Å². The quantitative estimate of drug-likeness (QED) is 0.802. The summed E-state index contributed by atoms with van der Waals surface area (Å²) in [7, 11) is 5.37. The van der Waals surface area contributed by atoms with E-state index in [0.717, 1.165) is 17.7 Å². The molecule has 1 aliphatic rings. The lowest BCUT2D eigenvalue weighted by molar-refractivity contribution is 0.0600. The zero-order valence-corrected chi connectivity index (χ0v) is 10.4. The number of methoxy groups -OCH3 is 1. The molecule has 2 rings (SSSR count). The van der Waals surface area contributed by atoms with E-state index in [-0.39, 0.29) is 12.0 Å². The summed E-state index contributed by atoms with van der Waals surface area (Å²) < 4.78 is 4.73. The number of nitrogens with two attached hydrogens (primary N) is 1. The number of anilines is 1. The van der Waals surface area contributed by atoms with Crippen LogP contribution in [0.2, 0.25) is 0 Å². The highest BCUT2D eigenvalue weighted by molar-refractivity contribution is 5.90. The van der Waals surface area contributed by atoms with Crippen molar-refractivity contribution < 1.29 is 9.53 Å². The lowest BCUT2D eigenvalue weighted by Gasteiger charge is -2.18. The largest absolute Gasteiger partial charge is 0.465 e. The van der Waals surface area contributed by atoms with Gasteiger partial charge in [0, 0.05) is 31.7 Å². The maximum absolute atomic E-state index is 11.5. The van der Waals surface area contributed by atoms with Gasteiger partial charge >= 0.3 is 5.97 Å². The molecular formula is C13H18N2O2. The van der Waals surface area contributed by atoms with Crippen molar-refractivity contribution in [3.63, 3.8) is 0 Å². The molecule has 0 radical (unpaired) electrons. The van der Waals surface area contributed by atoms with E-state index < -0.39 is 0 Å². The minimum Gasteiger partial charge on any atom is -0.465 e. The molecule has 0 amide bonds. The minimum absolute atomic E-state index is 0.224. The number of esters is 1. The number of hydrogen-bond donors (Lipinski definition) is 1. The van der Waals surface area contributed by atoms with Crippen LogP contribution in [-0.2, 0) is 4.74 Å². The first-order valence-corrected chi connectivity index (χ1v) is 5.69. The standard InChI is InChI=1S/C13H18N2O2/c1-15(2)12-5-4-8(13(16)17-3)6-10(12)9-7-11(9)14/h4-6,9,11H,7,14H2,1-3H3. The van der Waals surface area contributed by atoms with E-state index in [1.54, 1.807) is 6.07 Å². The normalized spacial score (nSPS) is 22.1. The molecule has 2 unspecified atom stereocenters. The van der Waals surface area contributed by atoms with E-state index >= 15 is 0 Å². The summed E-state index contributed by atoms with van der Waals surface area (Å²) in [6.45, 7) is 0. The molecular weight excluding hydrogens is 216 g/mol. The predicted molar refractivity (Wildman–Crippen MR) is 67.4 cm³/mol. The van der Waals surface area contributed by atoms with Crippen molar-refractivity contribution in [2.75, 3.05) is 26.1 Å². The van der Waals surface area contributed by atoms with Gasteiger partial charge in [-0.3, -0.25) is 0 Å². The Labute approximate surface area is 101 Å². The van der Waals surface area contributed by atoms with E-state index in [1.807, 2.05) is 31.1 Å². The Morgan fingerprint density at radius 1 is 1.47 bits per heavy atom. The second kappa shape index (κ2) is 4.37. The van der Waals surface area contributed by atoms with Gasteiger partial charge in [0.05, 0.1) is 12.7 Å². The van der Waals surface area contributed by atoms with Crippen LogP contribution < -0.4 is 10.6 Å². The van der Waals surface area contributed by atoms with Crippen molar-refractivity contribution in [3.8, 4) is 0 Å². The molecule has 2 N–H and O–H groups in total. The third-order valence-electron chi connectivity index (χ3n) is 3.17. The number of hydrogen-bond acceptors (Lipinski definition) is 4. The Bertz CT molecular complexity index is 443. The number of benzene rings is 1. The van der Waals surface area contributed by atoms with Crippen molar-refractivity contribution in [2.24, 2.45) is 5.73 Å². The van der Waals surface area contributed by atoms with Gasteiger partial charge < -0.3 is 15.4 Å². The Morgan fingerprint density at radius 3 is 2.59 bits per heavy atom. The molecule has 0 bridgehead atoms. The van der Waals surface area contributed by atoms with Crippen LogP contribution in [0.5, 0.6) is 0 Å². The molecule has 92 valence electrons. The second-order valence-corrected chi connectivity index (χ2v) is 4.67. The first-order chi connectivity index (χ1) is 8.04. The number of rotatable bonds is 3. The van der Waals surface area contributed by atoms with Gasteiger partial charge in [0.25, 0.3) is 0 Å². The van der Waals surface area contributed by atoms with Crippen LogP contribution in [0.4, 0.5) is 5.69 Å². The fourth-order valence-electron chi connectivity index (χ4n) is 2.08. The SMILES string of the molecule is COC(=O)c1ccc(N(C)C)c(C2CC2N)c1. The molecule has 1 aromatic rings. The molecule has 0 saturated heterocycles. The van der Waals surface area contributed by atoms with Crippen LogP contribution >= 0.6 is 0 Å². The number of carbonyl (C=O) groups excluding carboxylic acids is 1. The number of ether oxygens (including phenoxy) is 1. The highest BCUT2D eigenvalue weighted by Crippen LogP contribution is 2.43. The van der Waals surface area contributed by atoms with Crippen LogP contribution in [0.1, 0.15) is 28.3 Å². The fourth-order valence-corrected chi connectivity index (χ4v) is 2.08. The summed E-state index contributed by atoms with van der Waals surface area (Å²) in [5.74, 6) is 0.0720. The summed E-state index contributed by atoms with van der Waals surface area (Å²) in [4.78, 5) is 13.5. The molecule has 0 aliphatic heterocycles. The molecule has 1 saturated carbocycles. The van der Waals surface area contributed by atoms with E-state index in [9.17, 15) is 4.79 Å². The van der Waals surface area contributed by atoms with Gasteiger partial charge in [0.15, 0.2) is 0 Å². The first-order valence-electron chi connectivity index (χ1n) is 5.69. The highest BCUT2D eigenvalue weighted by Gasteiger charge is 2.37. The maximum atomic E-state index is 11.5. The van der Waals surface area contributed by atoms with Crippen molar-refractivity contribution in [1.82, 2.24) is 0 Å². The molecule has 1 fully saturated rings. The number of carbonyl (C=O) groups is 1. The van der Waals surface area contributed by atoms with Crippen LogP contribution in [-0.4, -0.2) is 33.2 Å². The van der Waals surface area contributed by atoms with Gasteiger partial charge in [-0.25, -0.2) is 4.79 Å². The van der Waals surface area contributed by atoms with Crippen molar-refractivity contribution in [3.05, 3.63) is 29.3 Å². The Morgan fingerprint density at radius 2 is 2.12 bits per heavy atom. The highest BCUT2D eigenvalue weighted by atomic mass is 16.5. The average Bonchev–Trinajstić information content (AvgIpc) is 3.04. The third-order valence-corrected chi connectivity index (χ3v) is 3.17. The Kier molecular flexibility index (Phi) is 3.07. The van der Waals surface area contributed by atoms with E-state index in [2.05, 4.69) is 0 Å². The van der Waals surface area contributed by atoms with E-state index in [1.165, 1.54) is 7.11 Å². The number of nitrogens with zero attached hydrogens (tertiary/aromatic N) is 1. The summed E-state index contributed by atoms with van der Waals surface area (Å²) in [5, 5.41) is 0. The molecule has 4 nitrogen and oxygen atoms in total. The van der Waals surface area contributed by atoms with Gasteiger partial charge in [-0.05, 0) is 30.2 Å². The van der Waals surface area contributed by atoms with Gasteiger partial charge in [0.2, 0.25) is 0 Å². The first kappa shape index (κ1) is 11.9. The van der Waals surface area contributed by atoms with Gasteiger partial charge in [-0.2, -0.15) is 0 Å². The summed E-state index contributed by atoms with van der Waals surface area (Å²) >= 11 is 0. The zero-order valence-electron chi connectivity index (χ0n) is 10.4. The molecule has 4 heteroatoms. The molecule has 2 atom stereocenters. The van der Waals surface area contributed by atoms with Crippen molar-refractivity contribution in [2.45, 2.75) is 18.4 Å². The molecule has 0 aromatic heterocycles. The molecule has 0 heterocycles. The summed E-state index contributed by atoms with van der Waals surface area (Å²) in [6.07, 6.45) is 0.992. The summed E-state index contributed by atoms with van der Waals surface area (Å²) in [5.41, 5.74) is 8.75. The molecule has 1 aromatic carbocycles. The summed E-state index contributed by atoms with van der Waals surface area (Å²) in [6, 6.07) is 5.87. The second-order valence-electron chi connectivity index (χ2n) is 4.67. The van der Waals surface area contributed by atoms with Crippen LogP contribution in [0.3, 0.4) is 0 Å². The van der Waals surface area contributed by atoms with Crippen molar-refractivity contribution in [1.29, 1.82) is 0 Å². The predicted octanol–water partition coefficient (Wildman–Crippen LogP) is 1.35. The average molecular weight is 234 g/mol. The molecule has 1 aliphatic carbocycles. The van der Waals surface area contributed by atoms with Crippen molar-refractivity contribution >= 4 is 11.7 Å². The smallest absolute Gasteiger partial charge is 0.337 e. The lowest BCUT2D eigenvalue weighted by atomic mass is 10.0. The van der Waals surface area contributed by atoms with Crippen LogP contribution in [0, 0.1) is 0 Å². The van der Waals surface area contributed by atoms with Gasteiger partial charge in [0.1, 0.15) is 0 Å². The fraction of sp³-hybridized carbons (Fsp3) is 0.462. The zero-order chi connectivity index (χ0) is 12.6. The maximum Gasteiger partial charge on any atom is 0.337 e. The minimum atomic E-state index is -0.300. The van der Waals surface area contributed by atoms with Crippen LogP contribution in [0.25, 0.3) is 0 Å². The third kappa shape index (κ3) is 2.26. The Hall–Kier alpha value is -1.55. The topological polar surface area (TPSA) is 55.6 Å². The Balaban J connectivity index is 2.40.